The second kappa shape index (κ2) is 16.9. The van der Waals surface area contributed by atoms with E-state index in [1.807, 2.05) is 0 Å². The SMILES string of the molecule is C=C(C)C(=O)OCC(CCCO)Cc1ccc(C2CCC(C3CCC(c4ccc(OCCCC)cc4)CC3)CC2)cc1. The number of carbonyl (C=O) groups excluding carboxylic acids is 1. The number of hydrogen-bond donors (Lipinski definition) is 1. The van der Waals surface area contributed by atoms with E-state index in [2.05, 4.69) is 62.0 Å². The predicted octanol–water partition coefficient (Wildman–Crippen LogP) is 9.16. The maximum Gasteiger partial charge on any atom is 0.333 e. The number of carbonyl (C=O) groups is 1. The number of aliphatic hydroxyl groups excluding tert-OH is 1. The zero-order valence-electron chi connectivity index (χ0n) is 26.2. The Hall–Kier alpha value is -2.59. The summed E-state index contributed by atoms with van der Waals surface area (Å²) in [6.45, 7) is 8.90. The molecule has 0 aromatic heterocycles. The number of aliphatic hydroxyl groups is 1. The molecular formula is C38H54O4. The molecular weight excluding hydrogens is 520 g/mol. The Morgan fingerprint density at radius 3 is 1.90 bits per heavy atom. The Balaban J connectivity index is 1.20. The second-order valence-corrected chi connectivity index (χ2v) is 13.1. The normalized spacial score (nSPS) is 23.2. The van der Waals surface area contributed by atoms with Crippen molar-refractivity contribution in [2.45, 2.75) is 109 Å². The fourth-order valence-electron chi connectivity index (χ4n) is 7.22. The lowest BCUT2D eigenvalue weighted by atomic mass is 9.67. The van der Waals surface area contributed by atoms with Gasteiger partial charge in [0.15, 0.2) is 0 Å². The highest BCUT2D eigenvalue weighted by Gasteiger charge is 2.31. The van der Waals surface area contributed by atoms with Crippen LogP contribution in [0.2, 0.25) is 0 Å². The van der Waals surface area contributed by atoms with Crippen LogP contribution in [0.4, 0.5) is 0 Å². The first-order valence-corrected chi connectivity index (χ1v) is 16.7. The van der Waals surface area contributed by atoms with Crippen LogP contribution in [-0.4, -0.2) is 30.9 Å². The van der Waals surface area contributed by atoms with Gasteiger partial charge < -0.3 is 14.6 Å². The van der Waals surface area contributed by atoms with Gasteiger partial charge in [-0.2, -0.15) is 0 Å². The molecule has 1 unspecified atom stereocenters. The van der Waals surface area contributed by atoms with Crippen LogP contribution in [0.5, 0.6) is 5.75 Å². The standard InChI is InChI=1S/C38H54O4/c1-4-5-25-41-37-22-20-36(21-23-37)35-18-16-34(17-19-35)33-14-12-32(13-15-33)31-10-8-29(9-11-31)26-30(7-6-24-39)27-42-38(40)28(2)3/h8-11,20-23,30,32-35,39H,2,4-7,12-19,24-27H2,1,3H3. The zero-order chi connectivity index (χ0) is 29.7. The average Bonchev–Trinajstić information content (AvgIpc) is 3.03. The molecule has 0 spiro atoms. The van der Waals surface area contributed by atoms with E-state index in [1.54, 1.807) is 6.92 Å². The van der Waals surface area contributed by atoms with Crippen LogP contribution in [0.15, 0.2) is 60.7 Å². The average molecular weight is 575 g/mol. The van der Waals surface area contributed by atoms with Gasteiger partial charge in [-0.1, -0.05) is 56.3 Å². The summed E-state index contributed by atoms with van der Waals surface area (Å²) >= 11 is 0. The van der Waals surface area contributed by atoms with Crippen molar-refractivity contribution in [3.05, 3.63) is 77.4 Å². The van der Waals surface area contributed by atoms with Crippen LogP contribution >= 0.6 is 0 Å². The number of benzene rings is 2. The monoisotopic (exact) mass is 574 g/mol. The van der Waals surface area contributed by atoms with Crippen molar-refractivity contribution in [1.29, 1.82) is 0 Å². The van der Waals surface area contributed by atoms with Crippen LogP contribution in [0.3, 0.4) is 0 Å². The molecule has 0 aliphatic heterocycles. The topological polar surface area (TPSA) is 55.8 Å². The van der Waals surface area contributed by atoms with Gasteiger partial charge in [0.05, 0.1) is 13.2 Å². The smallest absolute Gasteiger partial charge is 0.333 e. The lowest BCUT2D eigenvalue weighted by Gasteiger charge is -2.38. The molecule has 0 heterocycles. The third-order valence-corrected chi connectivity index (χ3v) is 9.87. The molecule has 42 heavy (non-hydrogen) atoms. The first-order valence-electron chi connectivity index (χ1n) is 16.7. The third-order valence-electron chi connectivity index (χ3n) is 9.87. The van der Waals surface area contributed by atoms with E-state index in [0.717, 1.165) is 49.9 Å². The van der Waals surface area contributed by atoms with E-state index in [0.29, 0.717) is 24.0 Å². The molecule has 0 bridgehead atoms. The molecule has 2 aromatic carbocycles. The summed E-state index contributed by atoms with van der Waals surface area (Å²) in [5.74, 6) is 4.06. The molecule has 1 N–H and O–H groups in total. The highest BCUT2D eigenvalue weighted by atomic mass is 16.5. The molecule has 4 heteroatoms. The molecule has 2 aliphatic carbocycles. The minimum Gasteiger partial charge on any atom is -0.494 e. The second-order valence-electron chi connectivity index (χ2n) is 13.1. The van der Waals surface area contributed by atoms with E-state index < -0.39 is 0 Å². The van der Waals surface area contributed by atoms with Crippen molar-refractivity contribution in [2.24, 2.45) is 17.8 Å². The highest BCUT2D eigenvalue weighted by molar-refractivity contribution is 5.86. The molecule has 0 saturated heterocycles. The first-order chi connectivity index (χ1) is 20.5. The van der Waals surface area contributed by atoms with Gasteiger partial charge in [-0.15, -0.1) is 0 Å². The lowest BCUT2D eigenvalue weighted by Crippen LogP contribution is -2.25. The van der Waals surface area contributed by atoms with E-state index in [-0.39, 0.29) is 18.5 Å². The van der Waals surface area contributed by atoms with Gasteiger partial charge in [-0.05, 0) is 142 Å². The summed E-state index contributed by atoms with van der Waals surface area (Å²) in [7, 11) is 0. The van der Waals surface area contributed by atoms with Gasteiger partial charge in [0.2, 0.25) is 0 Å². The van der Waals surface area contributed by atoms with E-state index >= 15 is 0 Å². The summed E-state index contributed by atoms with van der Waals surface area (Å²) in [6, 6.07) is 18.1. The minimum absolute atomic E-state index is 0.164. The van der Waals surface area contributed by atoms with Crippen molar-refractivity contribution in [3.63, 3.8) is 0 Å². The summed E-state index contributed by atoms with van der Waals surface area (Å²) in [5.41, 5.74) is 4.68. The summed E-state index contributed by atoms with van der Waals surface area (Å²) in [5, 5.41) is 9.30. The van der Waals surface area contributed by atoms with Gasteiger partial charge in [0.1, 0.15) is 5.75 Å². The molecule has 2 aliphatic rings. The Morgan fingerprint density at radius 1 is 0.857 bits per heavy atom. The van der Waals surface area contributed by atoms with Gasteiger partial charge in [0, 0.05) is 12.2 Å². The summed E-state index contributed by atoms with van der Waals surface area (Å²) < 4.78 is 11.3. The van der Waals surface area contributed by atoms with Gasteiger partial charge in [0.25, 0.3) is 0 Å². The molecule has 2 saturated carbocycles. The molecule has 4 rings (SSSR count). The number of unbranched alkanes of at least 4 members (excludes halogenated alkanes) is 1. The van der Waals surface area contributed by atoms with Crippen LogP contribution in [-0.2, 0) is 16.0 Å². The van der Waals surface area contributed by atoms with Crippen LogP contribution < -0.4 is 4.74 Å². The number of esters is 1. The number of hydrogen-bond acceptors (Lipinski definition) is 4. The lowest BCUT2D eigenvalue weighted by molar-refractivity contribution is -0.140. The van der Waals surface area contributed by atoms with Crippen molar-refractivity contribution in [1.82, 2.24) is 0 Å². The van der Waals surface area contributed by atoms with Gasteiger partial charge >= 0.3 is 5.97 Å². The summed E-state index contributed by atoms with van der Waals surface area (Å²) in [4.78, 5) is 11.9. The Kier molecular flexibility index (Phi) is 13.0. The highest BCUT2D eigenvalue weighted by Crippen LogP contribution is 2.45. The maximum atomic E-state index is 11.9. The molecule has 230 valence electrons. The molecule has 0 amide bonds. The number of rotatable bonds is 15. The van der Waals surface area contributed by atoms with Crippen LogP contribution in [0, 0.1) is 17.8 Å². The molecule has 4 nitrogen and oxygen atoms in total. The molecule has 2 fully saturated rings. The van der Waals surface area contributed by atoms with Gasteiger partial charge in [-0.3, -0.25) is 0 Å². The van der Waals surface area contributed by atoms with Gasteiger partial charge in [-0.25, -0.2) is 4.79 Å². The molecule has 0 radical (unpaired) electrons. The zero-order valence-corrected chi connectivity index (χ0v) is 26.2. The van der Waals surface area contributed by atoms with Crippen molar-refractivity contribution in [2.75, 3.05) is 19.8 Å². The largest absolute Gasteiger partial charge is 0.494 e. The fourth-order valence-corrected chi connectivity index (χ4v) is 7.22. The Labute approximate surface area is 254 Å². The minimum atomic E-state index is -0.332. The predicted molar refractivity (Wildman–Crippen MR) is 172 cm³/mol. The van der Waals surface area contributed by atoms with Crippen molar-refractivity contribution in [3.8, 4) is 5.75 Å². The molecule has 2 aromatic rings. The summed E-state index contributed by atoms with van der Waals surface area (Å²) in [6.07, 6.45) is 15.5. The van der Waals surface area contributed by atoms with E-state index in [4.69, 9.17) is 9.47 Å². The fraction of sp³-hybridized carbons (Fsp3) is 0.605. The maximum absolute atomic E-state index is 11.9. The Morgan fingerprint density at radius 2 is 1.40 bits per heavy atom. The Bertz CT molecular complexity index is 1070. The van der Waals surface area contributed by atoms with Crippen molar-refractivity contribution < 1.29 is 19.4 Å². The molecule has 1 atom stereocenters. The quantitative estimate of drug-likeness (QED) is 0.131. The van der Waals surface area contributed by atoms with Crippen molar-refractivity contribution >= 4 is 5.97 Å². The van der Waals surface area contributed by atoms with E-state index in [1.165, 1.54) is 74.5 Å². The van der Waals surface area contributed by atoms with E-state index in [9.17, 15) is 9.90 Å². The third kappa shape index (κ3) is 9.73. The van der Waals surface area contributed by atoms with Crippen LogP contribution in [0.25, 0.3) is 0 Å². The first kappa shape index (κ1) is 32.3. The number of ether oxygens (including phenoxy) is 2. The van der Waals surface area contributed by atoms with Crippen LogP contribution in [0.1, 0.15) is 119 Å².